The lowest BCUT2D eigenvalue weighted by Crippen LogP contribution is -2.37. The summed E-state index contributed by atoms with van der Waals surface area (Å²) < 4.78 is 28.9. The fourth-order valence-corrected chi connectivity index (χ4v) is 3.93. The maximum atomic E-state index is 12.7. The van der Waals surface area contributed by atoms with Crippen LogP contribution in [0.4, 0.5) is 0 Å². The zero-order chi connectivity index (χ0) is 20.5. The molecular formula is C17H18N6O4S. The van der Waals surface area contributed by atoms with E-state index in [2.05, 4.69) is 4.98 Å². The maximum Gasteiger partial charge on any atom is 0.332 e. The monoisotopic (exact) mass is 402 g/mol. The van der Waals surface area contributed by atoms with Gasteiger partial charge in [-0.15, -0.1) is 0 Å². The van der Waals surface area contributed by atoms with Crippen molar-refractivity contribution in [2.24, 2.45) is 19.2 Å². The van der Waals surface area contributed by atoms with Crippen molar-refractivity contribution in [2.45, 2.75) is 18.7 Å². The standard InChI is InChI=1S/C17H18N6O4S/c1-9-10(2)23-13-14(20(3)17(25)21(4)15(13)24)19-16(23)22(9)11-5-7-12(8-6-11)28(18,26)27/h5-8H,1-4H3,(H2,18,26,27). The van der Waals surface area contributed by atoms with Gasteiger partial charge in [0.25, 0.3) is 5.56 Å². The number of nitrogens with zero attached hydrogens (tertiary/aromatic N) is 5. The number of aromatic nitrogens is 5. The van der Waals surface area contributed by atoms with E-state index >= 15 is 0 Å². The van der Waals surface area contributed by atoms with Crippen LogP contribution >= 0.6 is 0 Å². The molecule has 11 heteroatoms. The Kier molecular flexibility index (Phi) is 3.68. The van der Waals surface area contributed by atoms with Crippen molar-refractivity contribution in [2.75, 3.05) is 0 Å². The van der Waals surface area contributed by atoms with E-state index in [1.807, 2.05) is 13.8 Å². The predicted molar refractivity (Wildman–Crippen MR) is 103 cm³/mol. The van der Waals surface area contributed by atoms with Gasteiger partial charge in [-0.2, -0.15) is 4.98 Å². The van der Waals surface area contributed by atoms with Crippen molar-refractivity contribution in [3.8, 4) is 5.69 Å². The molecule has 0 radical (unpaired) electrons. The SMILES string of the molecule is Cc1c(C)n2c3c(=O)n(C)c(=O)n(C)c3nc2n1-c1ccc(S(N)(=O)=O)cc1. The van der Waals surface area contributed by atoms with Crippen molar-refractivity contribution in [3.63, 3.8) is 0 Å². The molecule has 0 unspecified atom stereocenters. The fraction of sp³-hybridized carbons (Fsp3) is 0.235. The number of hydrogen-bond donors (Lipinski definition) is 1. The van der Waals surface area contributed by atoms with Gasteiger partial charge in [0.1, 0.15) is 0 Å². The third-order valence-corrected chi connectivity index (χ3v) is 5.99. The van der Waals surface area contributed by atoms with Gasteiger partial charge in [-0.25, -0.2) is 18.4 Å². The van der Waals surface area contributed by atoms with E-state index in [9.17, 15) is 18.0 Å². The summed E-state index contributed by atoms with van der Waals surface area (Å²) in [5.41, 5.74) is 1.95. The molecule has 146 valence electrons. The van der Waals surface area contributed by atoms with Gasteiger partial charge in [0.2, 0.25) is 15.8 Å². The van der Waals surface area contributed by atoms with E-state index in [1.54, 1.807) is 28.1 Å². The molecule has 0 amide bonds. The Morgan fingerprint density at radius 3 is 2.14 bits per heavy atom. The topological polar surface area (TPSA) is 126 Å². The number of hydrogen-bond acceptors (Lipinski definition) is 5. The quantitative estimate of drug-likeness (QED) is 0.503. The Balaban J connectivity index is 2.13. The average molecular weight is 402 g/mol. The van der Waals surface area contributed by atoms with Crippen molar-refractivity contribution in [3.05, 3.63) is 56.5 Å². The largest absolute Gasteiger partial charge is 0.332 e. The Bertz CT molecular complexity index is 1500. The Labute approximate surface area is 159 Å². The molecule has 3 heterocycles. The van der Waals surface area contributed by atoms with Gasteiger partial charge >= 0.3 is 5.69 Å². The summed E-state index contributed by atoms with van der Waals surface area (Å²) in [5.74, 6) is 0.451. The molecule has 0 fully saturated rings. The van der Waals surface area contributed by atoms with Gasteiger partial charge in [-0.05, 0) is 38.1 Å². The molecule has 1 aromatic carbocycles. The summed E-state index contributed by atoms with van der Waals surface area (Å²) >= 11 is 0. The first kappa shape index (κ1) is 18.2. The van der Waals surface area contributed by atoms with E-state index < -0.39 is 21.3 Å². The number of rotatable bonds is 2. The van der Waals surface area contributed by atoms with Crippen LogP contribution in [-0.4, -0.2) is 31.5 Å². The summed E-state index contributed by atoms with van der Waals surface area (Å²) in [6, 6.07) is 6.05. The van der Waals surface area contributed by atoms with E-state index in [0.29, 0.717) is 17.0 Å². The second-order valence-corrected chi connectivity index (χ2v) is 8.23. The average Bonchev–Trinajstić information content (AvgIpc) is 3.14. The molecule has 10 nitrogen and oxygen atoms in total. The second kappa shape index (κ2) is 5.66. The highest BCUT2D eigenvalue weighted by Gasteiger charge is 2.22. The third kappa shape index (κ3) is 2.29. The molecule has 0 aliphatic heterocycles. The maximum absolute atomic E-state index is 12.7. The molecule has 0 aliphatic carbocycles. The Hall–Kier alpha value is -3.18. The minimum absolute atomic E-state index is 0.00132. The first-order chi connectivity index (χ1) is 13.0. The van der Waals surface area contributed by atoms with Crippen molar-refractivity contribution >= 4 is 27.0 Å². The van der Waals surface area contributed by atoms with Crippen LogP contribution < -0.4 is 16.4 Å². The normalized spacial score (nSPS) is 12.3. The van der Waals surface area contributed by atoms with Crippen LogP contribution in [0.3, 0.4) is 0 Å². The lowest BCUT2D eigenvalue weighted by molar-refractivity contribution is 0.598. The van der Waals surface area contributed by atoms with E-state index in [4.69, 9.17) is 5.14 Å². The number of fused-ring (bicyclic) bond motifs is 3. The van der Waals surface area contributed by atoms with Crippen molar-refractivity contribution in [1.82, 2.24) is 23.1 Å². The van der Waals surface area contributed by atoms with E-state index in [0.717, 1.165) is 16.0 Å². The van der Waals surface area contributed by atoms with Gasteiger partial charge in [0.05, 0.1) is 4.90 Å². The van der Waals surface area contributed by atoms with Crippen LogP contribution in [0.2, 0.25) is 0 Å². The molecule has 0 spiro atoms. The zero-order valence-corrected chi connectivity index (χ0v) is 16.5. The molecule has 0 bridgehead atoms. The van der Waals surface area contributed by atoms with Gasteiger partial charge in [-0.1, -0.05) is 0 Å². The molecule has 4 rings (SSSR count). The summed E-state index contributed by atoms with van der Waals surface area (Å²) in [6.45, 7) is 3.72. The molecule has 28 heavy (non-hydrogen) atoms. The van der Waals surface area contributed by atoms with Crippen molar-refractivity contribution in [1.29, 1.82) is 0 Å². The molecule has 0 saturated heterocycles. The molecular weight excluding hydrogens is 384 g/mol. The number of benzene rings is 1. The van der Waals surface area contributed by atoms with Crippen molar-refractivity contribution < 1.29 is 8.42 Å². The fourth-order valence-electron chi connectivity index (χ4n) is 3.42. The smallest absolute Gasteiger partial charge is 0.283 e. The first-order valence-electron chi connectivity index (χ1n) is 8.33. The van der Waals surface area contributed by atoms with Gasteiger partial charge in [0, 0.05) is 31.2 Å². The summed E-state index contributed by atoms with van der Waals surface area (Å²) in [4.78, 5) is 29.5. The van der Waals surface area contributed by atoms with E-state index in [1.165, 1.54) is 23.7 Å². The summed E-state index contributed by atoms with van der Waals surface area (Å²) in [5, 5.41) is 5.16. The number of primary sulfonamides is 1. The third-order valence-electron chi connectivity index (χ3n) is 5.06. The predicted octanol–water partition coefficient (Wildman–Crippen LogP) is -0.0602. The minimum Gasteiger partial charge on any atom is -0.283 e. The van der Waals surface area contributed by atoms with E-state index in [-0.39, 0.29) is 10.5 Å². The van der Waals surface area contributed by atoms with Crippen LogP contribution in [0.5, 0.6) is 0 Å². The molecule has 3 aromatic heterocycles. The van der Waals surface area contributed by atoms with Gasteiger partial charge in [0.15, 0.2) is 11.2 Å². The van der Waals surface area contributed by atoms with Crippen LogP contribution in [0.15, 0.2) is 38.8 Å². The first-order valence-corrected chi connectivity index (χ1v) is 9.88. The van der Waals surface area contributed by atoms with Crippen LogP contribution in [0, 0.1) is 13.8 Å². The molecule has 0 saturated carbocycles. The highest BCUT2D eigenvalue weighted by Crippen LogP contribution is 2.25. The number of nitrogens with two attached hydrogens (primary N) is 1. The Morgan fingerprint density at radius 1 is 0.964 bits per heavy atom. The highest BCUT2D eigenvalue weighted by molar-refractivity contribution is 7.89. The van der Waals surface area contributed by atoms with Crippen LogP contribution in [0.25, 0.3) is 22.6 Å². The minimum atomic E-state index is -3.80. The Morgan fingerprint density at radius 2 is 1.57 bits per heavy atom. The van der Waals surface area contributed by atoms with Gasteiger partial charge < -0.3 is 0 Å². The summed E-state index contributed by atoms with van der Waals surface area (Å²) in [7, 11) is -0.818. The molecule has 0 atom stereocenters. The number of sulfonamides is 1. The van der Waals surface area contributed by atoms with Gasteiger partial charge in [-0.3, -0.25) is 22.9 Å². The lowest BCUT2D eigenvalue weighted by Gasteiger charge is -2.07. The molecule has 4 aromatic rings. The lowest BCUT2D eigenvalue weighted by atomic mass is 10.3. The molecule has 0 aliphatic rings. The summed E-state index contributed by atoms with van der Waals surface area (Å²) in [6.07, 6.45) is 0. The number of aryl methyl sites for hydroxylation is 2. The zero-order valence-electron chi connectivity index (χ0n) is 15.7. The number of imidazole rings is 2. The van der Waals surface area contributed by atoms with Crippen LogP contribution in [-0.2, 0) is 24.1 Å². The van der Waals surface area contributed by atoms with Crippen LogP contribution in [0.1, 0.15) is 11.4 Å². The second-order valence-electron chi connectivity index (χ2n) is 6.67. The molecule has 2 N–H and O–H groups in total. The highest BCUT2D eigenvalue weighted by atomic mass is 32.2.